The van der Waals surface area contributed by atoms with Crippen LogP contribution in [-0.4, -0.2) is 79.5 Å². The fraction of sp³-hybridized carbons (Fsp3) is 0.609. The van der Waals surface area contributed by atoms with E-state index in [1.54, 1.807) is 0 Å². The molecule has 2 atom stereocenters. The summed E-state index contributed by atoms with van der Waals surface area (Å²) in [5.74, 6) is 2.06. The number of nitrogens with one attached hydrogen (secondary N) is 2. The Morgan fingerprint density at radius 3 is 2.68 bits per heavy atom. The van der Waals surface area contributed by atoms with Crippen LogP contribution in [0.15, 0.2) is 12.4 Å². The molecule has 2 N–H and O–H groups in total. The van der Waals surface area contributed by atoms with Crippen LogP contribution in [-0.2, 0) is 4.74 Å². The summed E-state index contributed by atoms with van der Waals surface area (Å²) in [5, 5.41) is 19.6. The molecule has 3 saturated heterocycles. The third-order valence-electron chi connectivity index (χ3n) is 7.39. The molecule has 0 aliphatic carbocycles. The quantitative estimate of drug-likeness (QED) is 0.568. The zero-order valence-corrected chi connectivity index (χ0v) is 19.4. The zero-order chi connectivity index (χ0) is 23.1. The SMILES string of the molecule is Cc1cc(Nc2nc(N3CCOCC3)c3ncn(C4CC5CCC(C4)N5CCC#N)c3n2)n[nH]1. The number of fused-ring (bicyclic) bond motifs is 3. The van der Waals surface area contributed by atoms with Gasteiger partial charge in [-0.2, -0.15) is 20.3 Å². The maximum absolute atomic E-state index is 9.05. The van der Waals surface area contributed by atoms with Crippen molar-refractivity contribution in [2.24, 2.45) is 0 Å². The minimum Gasteiger partial charge on any atom is -0.378 e. The van der Waals surface area contributed by atoms with Gasteiger partial charge in [-0.3, -0.25) is 10.00 Å². The van der Waals surface area contributed by atoms with Gasteiger partial charge in [-0.15, -0.1) is 0 Å². The number of piperidine rings is 1. The normalized spacial score (nSPS) is 25.1. The Kier molecular flexibility index (Phi) is 5.55. The lowest BCUT2D eigenvalue weighted by atomic mass is 9.97. The summed E-state index contributed by atoms with van der Waals surface area (Å²) < 4.78 is 7.82. The van der Waals surface area contributed by atoms with Gasteiger partial charge in [0.25, 0.3) is 0 Å². The molecule has 3 aliphatic heterocycles. The van der Waals surface area contributed by atoms with Crippen LogP contribution in [0.2, 0.25) is 0 Å². The molecule has 3 aliphatic rings. The molecule has 0 radical (unpaired) electrons. The number of imidazole rings is 1. The number of aromatic amines is 1. The van der Waals surface area contributed by atoms with E-state index in [0.717, 1.165) is 55.2 Å². The number of aromatic nitrogens is 6. The summed E-state index contributed by atoms with van der Waals surface area (Å²) in [6.07, 6.45) is 7.08. The van der Waals surface area contributed by atoms with Crippen LogP contribution < -0.4 is 10.2 Å². The highest BCUT2D eigenvalue weighted by molar-refractivity contribution is 5.85. The Morgan fingerprint density at radius 1 is 1.18 bits per heavy atom. The molecular formula is C23H30N10O. The Morgan fingerprint density at radius 2 is 1.97 bits per heavy atom. The van der Waals surface area contributed by atoms with E-state index in [1.807, 2.05) is 19.3 Å². The van der Waals surface area contributed by atoms with Crippen molar-refractivity contribution in [3.8, 4) is 6.07 Å². The minimum atomic E-state index is 0.341. The summed E-state index contributed by atoms with van der Waals surface area (Å²) in [6, 6.07) is 5.65. The van der Waals surface area contributed by atoms with E-state index < -0.39 is 0 Å². The highest BCUT2D eigenvalue weighted by Crippen LogP contribution is 2.42. The molecule has 0 amide bonds. The van der Waals surface area contributed by atoms with E-state index in [9.17, 15) is 0 Å². The molecule has 2 bridgehead atoms. The largest absolute Gasteiger partial charge is 0.378 e. The Hall–Kier alpha value is -3.23. The first-order valence-corrected chi connectivity index (χ1v) is 12.2. The van der Waals surface area contributed by atoms with Crippen molar-refractivity contribution in [1.82, 2.24) is 34.6 Å². The standard InChI is InChI=1S/C23H30N10O/c1-15-11-19(30-29-15)26-23-27-21(31-7-9-34-10-8-31)20-22(28-23)33(14-25-20)18-12-16-3-4-17(13-18)32(16)6-2-5-24/h11,14,16-18H,2-4,6-10,12-13H2,1H3,(H2,26,27,28,29,30). The van der Waals surface area contributed by atoms with Gasteiger partial charge in [-0.1, -0.05) is 0 Å². The molecule has 3 fully saturated rings. The number of aryl methyl sites for hydroxylation is 1. The molecule has 0 saturated carbocycles. The number of rotatable bonds is 6. The lowest BCUT2D eigenvalue weighted by molar-refractivity contribution is 0.110. The number of H-pyrrole nitrogens is 1. The second-order valence-corrected chi connectivity index (χ2v) is 9.51. The van der Waals surface area contributed by atoms with Gasteiger partial charge in [0.1, 0.15) is 0 Å². The molecule has 11 nitrogen and oxygen atoms in total. The summed E-state index contributed by atoms with van der Waals surface area (Å²) in [4.78, 5) is 19.4. The molecule has 0 aromatic carbocycles. The van der Waals surface area contributed by atoms with Gasteiger partial charge in [0.2, 0.25) is 5.95 Å². The highest BCUT2D eigenvalue weighted by atomic mass is 16.5. The summed E-state index contributed by atoms with van der Waals surface area (Å²) in [7, 11) is 0. The molecule has 3 aromatic rings. The predicted molar refractivity (Wildman–Crippen MR) is 127 cm³/mol. The highest BCUT2D eigenvalue weighted by Gasteiger charge is 2.41. The Labute approximate surface area is 198 Å². The predicted octanol–water partition coefficient (Wildman–Crippen LogP) is 2.52. The first-order chi connectivity index (χ1) is 16.7. The minimum absolute atomic E-state index is 0.341. The number of morpholine rings is 1. The molecule has 0 spiro atoms. The first kappa shape index (κ1) is 21.3. The van der Waals surface area contributed by atoms with Crippen LogP contribution >= 0.6 is 0 Å². The number of nitriles is 1. The van der Waals surface area contributed by atoms with Crippen LogP contribution in [0.25, 0.3) is 11.2 Å². The molecule has 6 heterocycles. The van der Waals surface area contributed by atoms with Gasteiger partial charge in [-0.25, -0.2) is 4.98 Å². The Bertz CT molecular complexity index is 1190. The second-order valence-electron chi connectivity index (χ2n) is 9.51. The van der Waals surface area contributed by atoms with Crippen molar-refractivity contribution < 1.29 is 4.74 Å². The first-order valence-electron chi connectivity index (χ1n) is 12.2. The van der Waals surface area contributed by atoms with Crippen LogP contribution in [0.4, 0.5) is 17.6 Å². The van der Waals surface area contributed by atoms with Crippen molar-refractivity contribution in [2.75, 3.05) is 43.1 Å². The molecule has 6 rings (SSSR count). The number of hydrogen-bond acceptors (Lipinski definition) is 9. The van der Waals surface area contributed by atoms with Gasteiger partial charge in [0.15, 0.2) is 22.8 Å². The van der Waals surface area contributed by atoms with Gasteiger partial charge in [0, 0.05) is 55.9 Å². The number of hydrogen-bond donors (Lipinski definition) is 2. The third-order valence-corrected chi connectivity index (χ3v) is 7.39. The third kappa shape index (κ3) is 3.86. The fourth-order valence-electron chi connectivity index (χ4n) is 5.83. The summed E-state index contributed by atoms with van der Waals surface area (Å²) in [5.41, 5.74) is 2.67. The molecule has 178 valence electrons. The van der Waals surface area contributed by atoms with Crippen LogP contribution in [0.1, 0.15) is 43.8 Å². The number of anilines is 3. The molecule has 11 heteroatoms. The van der Waals surface area contributed by atoms with Gasteiger partial charge >= 0.3 is 0 Å². The van der Waals surface area contributed by atoms with Crippen molar-refractivity contribution in [3.63, 3.8) is 0 Å². The lowest BCUT2D eigenvalue weighted by Gasteiger charge is -2.39. The van der Waals surface area contributed by atoms with Crippen molar-refractivity contribution >= 4 is 28.7 Å². The van der Waals surface area contributed by atoms with Gasteiger partial charge in [0.05, 0.1) is 25.6 Å². The van der Waals surface area contributed by atoms with Crippen LogP contribution in [0.3, 0.4) is 0 Å². The van der Waals surface area contributed by atoms with Crippen molar-refractivity contribution in [3.05, 3.63) is 18.1 Å². The van der Waals surface area contributed by atoms with Crippen LogP contribution in [0.5, 0.6) is 0 Å². The van der Waals surface area contributed by atoms with E-state index in [-0.39, 0.29) is 0 Å². The smallest absolute Gasteiger partial charge is 0.232 e. The van der Waals surface area contributed by atoms with Crippen molar-refractivity contribution in [2.45, 2.75) is 57.2 Å². The molecular weight excluding hydrogens is 432 g/mol. The van der Waals surface area contributed by atoms with Gasteiger partial charge in [-0.05, 0) is 32.6 Å². The summed E-state index contributed by atoms with van der Waals surface area (Å²) >= 11 is 0. The number of ether oxygens (including phenoxy) is 1. The molecule has 2 unspecified atom stereocenters. The molecule has 3 aromatic heterocycles. The Balaban J connectivity index is 1.35. The topological polar surface area (TPSA) is 124 Å². The lowest BCUT2D eigenvalue weighted by Crippen LogP contribution is -2.43. The van der Waals surface area contributed by atoms with E-state index in [0.29, 0.717) is 49.5 Å². The fourth-order valence-corrected chi connectivity index (χ4v) is 5.83. The maximum Gasteiger partial charge on any atom is 0.232 e. The van der Waals surface area contributed by atoms with E-state index >= 15 is 0 Å². The average molecular weight is 463 g/mol. The van der Waals surface area contributed by atoms with Crippen LogP contribution in [0, 0.1) is 18.3 Å². The van der Waals surface area contributed by atoms with E-state index in [1.165, 1.54) is 12.8 Å². The number of nitrogens with zero attached hydrogens (tertiary/aromatic N) is 8. The second kappa shape index (κ2) is 8.85. The zero-order valence-electron chi connectivity index (χ0n) is 19.4. The summed E-state index contributed by atoms with van der Waals surface area (Å²) in [6.45, 7) is 5.76. The van der Waals surface area contributed by atoms with E-state index in [2.05, 4.69) is 36.0 Å². The van der Waals surface area contributed by atoms with Gasteiger partial charge < -0.3 is 19.5 Å². The average Bonchev–Trinajstić information content (AvgIpc) is 3.53. The monoisotopic (exact) mass is 462 g/mol. The maximum atomic E-state index is 9.05. The van der Waals surface area contributed by atoms with Crippen molar-refractivity contribution in [1.29, 1.82) is 5.26 Å². The van der Waals surface area contributed by atoms with E-state index in [4.69, 9.17) is 25.0 Å². The molecule has 34 heavy (non-hydrogen) atoms.